The van der Waals surface area contributed by atoms with Gasteiger partial charge in [-0.05, 0) is 44.9 Å². The van der Waals surface area contributed by atoms with Gasteiger partial charge in [0.1, 0.15) is 12.3 Å². The molecule has 7 heteroatoms. The molecule has 1 aromatic rings. The summed E-state index contributed by atoms with van der Waals surface area (Å²) >= 11 is 0. The van der Waals surface area contributed by atoms with Crippen LogP contribution in [-0.4, -0.2) is 48.1 Å². The van der Waals surface area contributed by atoms with Gasteiger partial charge in [0.2, 0.25) is 5.91 Å². The molecule has 1 aliphatic rings. The third kappa shape index (κ3) is 5.05. The van der Waals surface area contributed by atoms with E-state index in [9.17, 15) is 18.0 Å². The van der Waals surface area contributed by atoms with Gasteiger partial charge in [-0.3, -0.25) is 9.69 Å². The Hall–Kier alpha value is -1.50. The van der Waals surface area contributed by atoms with Gasteiger partial charge in [-0.25, -0.2) is 0 Å². The molecule has 1 saturated carbocycles. The fourth-order valence-electron chi connectivity index (χ4n) is 2.44. The van der Waals surface area contributed by atoms with Crippen LogP contribution in [0.2, 0.25) is 0 Å². The minimum absolute atomic E-state index is 0.0194. The predicted molar refractivity (Wildman–Crippen MR) is 75.0 cm³/mol. The number of furan rings is 1. The van der Waals surface area contributed by atoms with E-state index < -0.39 is 18.6 Å². The minimum atomic E-state index is -4.43. The monoisotopic (exact) mass is 318 g/mol. The number of amides is 1. The zero-order valence-electron chi connectivity index (χ0n) is 12.8. The number of carbonyl (C=O) groups excluding carboxylic acids is 1. The summed E-state index contributed by atoms with van der Waals surface area (Å²) in [5.41, 5.74) is 0. The average molecular weight is 318 g/mol. The Morgan fingerprint density at radius 2 is 2.14 bits per heavy atom. The fourth-order valence-corrected chi connectivity index (χ4v) is 2.44. The molecular weight excluding hydrogens is 297 g/mol. The summed E-state index contributed by atoms with van der Waals surface area (Å²) in [6.07, 6.45) is -0.799. The van der Waals surface area contributed by atoms with E-state index in [-0.39, 0.29) is 19.1 Å². The molecule has 1 fully saturated rings. The number of carbonyl (C=O) groups is 1. The van der Waals surface area contributed by atoms with Crippen molar-refractivity contribution in [2.24, 2.45) is 5.92 Å². The van der Waals surface area contributed by atoms with E-state index in [4.69, 9.17) is 4.42 Å². The first-order valence-electron chi connectivity index (χ1n) is 7.33. The third-order valence-corrected chi connectivity index (χ3v) is 4.03. The highest BCUT2D eigenvalue weighted by molar-refractivity contribution is 5.78. The second-order valence-electron chi connectivity index (χ2n) is 5.94. The van der Waals surface area contributed by atoms with E-state index in [0.29, 0.717) is 11.7 Å². The van der Waals surface area contributed by atoms with E-state index in [1.807, 2.05) is 11.8 Å². The Labute approximate surface area is 127 Å². The van der Waals surface area contributed by atoms with Crippen LogP contribution in [0.3, 0.4) is 0 Å². The molecule has 0 aliphatic heterocycles. The number of hydrogen-bond donors (Lipinski definition) is 0. The number of hydrogen-bond acceptors (Lipinski definition) is 3. The van der Waals surface area contributed by atoms with Crippen molar-refractivity contribution in [3.8, 4) is 0 Å². The minimum Gasteiger partial charge on any atom is -0.467 e. The van der Waals surface area contributed by atoms with Crippen LogP contribution < -0.4 is 0 Å². The Morgan fingerprint density at radius 3 is 2.64 bits per heavy atom. The van der Waals surface area contributed by atoms with Gasteiger partial charge >= 0.3 is 6.18 Å². The number of alkyl halides is 3. The Bertz CT molecular complexity index is 483. The molecule has 1 amide bonds. The molecule has 22 heavy (non-hydrogen) atoms. The molecule has 1 unspecified atom stereocenters. The van der Waals surface area contributed by atoms with Crippen LogP contribution in [0.5, 0.6) is 0 Å². The summed E-state index contributed by atoms with van der Waals surface area (Å²) in [6, 6.07) is 3.36. The van der Waals surface area contributed by atoms with Crippen molar-refractivity contribution < 1.29 is 22.4 Å². The second-order valence-corrected chi connectivity index (χ2v) is 5.94. The standard InChI is InChI=1S/C15H21F3N2O2/c1-11(12-5-6-12)19(2)9-14(21)20(10-15(16,17)18)8-13-4-3-7-22-13/h3-4,7,11-12H,5-6,8-10H2,1-2H3. The molecule has 0 spiro atoms. The van der Waals surface area contributed by atoms with Gasteiger partial charge in [0.25, 0.3) is 0 Å². The second kappa shape index (κ2) is 6.73. The Kier molecular flexibility index (Phi) is 5.16. The van der Waals surface area contributed by atoms with Crippen molar-refractivity contribution in [3.63, 3.8) is 0 Å². The van der Waals surface area contributed by atoms with Crippen LogP contribution in [0, 0.1) is 5.92 Å². The molecule has 1 atom stereocenters. The van der Waals surface area contributed by atoms with Crippen LogP contribution >= 0.6 is 0 Å². The normalized spacial score (nSPS) is 16.8. The van der Waals surface area contributed by atoms with Gasteiger partial charge in [0.15, 0.2) is 0 Å². The van der Waals surface area contributed by atoms with Crippen molar-refractivity contribution >= 4 is 5.91 Å². The third-order valence-electron chi connectivity index (χ3n) is 4.03. The molecule has 2 rings (SSSR count). The lowest BCUT2D eigenvalue weighted by molar-refractivity contribution is -0.163. The molecule has 0 saturated heterocycles. The van der Waals surface area contributed by atoms with Crippen LogP contribution in [-0.2, 0) is 11.3 Å². The van der Waals surface area contributed by atoms with Gasteiger partial charge in [-0.1, -0.05) is 0 Å². The lowest BCUT2D eigenvalue weighted by Crippen LogP contribution is -2.45. The van der Waals surface area contributed by atoms with Gasteiger partial charge in [0.05, 0.1) is 19.4 Å². The van der Waals surface area contributed by atoms with Gasteiger partial charge in [0, 0.05) is 6.04 Å². The van der Waals surface area contributed by atoms with Crippen LogP contribution in [0.1, 0.15) is 25.5 Å². The quantitative estimate of drug-likeness (QED) is 0.776. The molecule has 124 valence electrons. The molecule has 0 aromatic carbocycles. The van der Waals surface area contributed by atoms with Gasteiger partial charge in [-0.15, -0.1) is 0 Å². The number of rotatable bonds is 7. The first-order valence-corrected chi connectivity index (χ1v) is 7.33. The maximum atomic E-state index is 12.7. The molecule has 1 aliphatic carbocycles. The van der Waals surface area contributed by atoms with Crippen LogP contribution in [0.25, 0.3) is 0 Å². The molecule has 4 nitrogen and oxygen atoms in total. The van der Waals surface area contributed by atoms with Crippen LogP contribution in [0.15, 0.2) is 22.8 Å². The summed E-state index contributed by atoms with van der Waals surface area (Å²) in [5.74, 6) is 0.359. The molecule has 0 bridgehead atoms. The zero-order valence-corrected chi connectivity index (χ0v) is 12.8. The van der Waals surface area contributed by atoms with Crippen molar-refractivity contribution in [2.45, 2.75) is 38.5 Å². The van der Waals surface area contributed by atoms with E-state index in [0.717, 1.165) is 17.7 Å². The van der Waals surface area contributed by atoms with Crippen molar-refractivity contribution in [3.05, 3.63) is 24.2 Å². The van der Waals surface area contributed by atoms with Crippen LogP contribution in [0.4, 0.5) is 13.2 Å². The smallest absolute Gasteiger partial charge is 0.406 e. The molecule has 0 radical (unpaired) electrons. The molecular formula is C15H21F3N2O2. The highest BCUT2D eigenvalue weighted by atomic mass is 19.4. The Morgan fingerprint density at radius 1 is 1.45 bits per heavy atom. The van der Waals surface area contributed by atoms with Gasteiger partial charge in [-0.2, -0.15) is 13.2 Å². The number of likely N-dealkylation sites (N-methyl/N-ethyl adjacent to an activating group) is 1. The summed E-state index contributed by atoms with van der Waals surface area (Å²) in [7, 11) is 1.78. The first-order chi connectivity index (χ1) is 10.3. The largest absolute Gasteiger partial charge is 0.467 e. The van der Waals surface area contributed by atoms with E-state index in [1.165, 1.54) is 6.26 Å². The molecule has 1 aromatic heterocycles. The predicted octanol–water partition coefficient (Wildman–Crippen LogP) is 2.90. The van der Waals surface area contributed by atoms with E-state index in [2.05, 4.69) is 0 Å². The van der Waals surface area contributed by atoms with E-state index >= 15 is 0 Å². The highest BCUT2D eigenvalue weighted by Crippen LogP contribution is 2.34. The lowest BCUT2D eigenvalue weighted by atomic mass is 10.2. The topological polar surface area (TPSA) is 36.7 Å². The van der Waals surface area contributed by atoms with Gasteiger partial charge < -0.3 is 9.32 Å². The highest BCUT2D eigenvalue weighted by Gasteiger charge is 2.35. The summed E-state index contributed by atoms with van der Waals surface area (Å²) in [6.45, 7) is 0.551. The Balaban J connectivity index is 1.97. The number of halogens is 3. The van der Waals surface area contributed by atoms with Crippen molar-refractivity contribution in [1.29, 1.82) is 0 Å². The molecule has 0 N–H and O–H groups in total. The number of nitrogens with zero attached hydrogens (tertiary/aromatic N) is 2. The van der Waals surface area contributed by atoms with Crippen molar-refractivity contribution in [2.75, 3.05) is 20.1 Å². The van der Waals surface area contributed by atoms with E-state index in [1.54, 1.807) is 19.2 Å². The maximum absolute atomic E-state index is 12.7. The van der Waals surface area contributed by atoms with Crippen molar-refractivity contribution in [1.82, 2.24) is 9.80 Å². The average Bonchev–Trinajstić information content (AvgIpc) is 3.14. The molecule has 1 heterocycles. The SMILES string of the molecule is CC(C1CC1)N(C)CC(=O)N(Cc1ccco1)CC(F)(F)F. The fraction of sp³-hybridized carbons (Fsp3) is 0.667. The zero-order chi connectivity index (χ0) is 16.3. The summed E-state index contributed by atoms with van der Waals surface area (Å²) < 4.78 is 43.1. The maximum Gasteiger partial charge on any atom is 0.406 e. The lowest BCUT2D eigenvalue weighted by Gasteiger charge is -2.28. The first kappa shape index (κ1) is 16.9. The summed E-state index contributed by atoms with van der Waals surface area (Å²) in [4.78, 5) is 14.9. The summed E-state index contributed by atoms with van der Waals surface area (Å²) in [5, 5.41) is 0.